The predicted octanol–water partition coefficient (Wildman–Crippen LogP) is 1.57. The van der Waals surface area contributed by atoms with Crippen molar-refractivity contribution in [2.24, 2.45) is 0 Å². The monoisotopic (exact) mass is 341 g/mol. The Morgan fingerprint density at radius 2 is 2.08 bits per heavy atom. The summed E-state index contributed by atoms with van der Waals surface area (Å²) in [6.45, 7) is 6.50. The van der Waals surface area contributed by atoms with Crippen LogP contribution in [0.25, 0.3) is 5.65 Å². The molecule has 25 heavy (non-hydrogen) atoms. The standard InChI is InChI=1S/C17H19N5O3/c1-9-6-14-19-13(7-15(23)22(14)20-9)12-4-5-21(8-12)17(24)16-10(2)18-11(3)25-16/h6-7,12,20H,4-5,8H2,1-3H3. The smallest absolute Gasteiger partial charge is 0.291 e. The number of rotatable bonds is 2. The molecule has 1 amide bonds. The van der Waals surface area contributed by atoms with Crippen molar-refractivity contribution in [3.63, 3.8) is 0 Å². The number of nitrogens with one attached hydrogen (secondary N) is 1. The van der Waals surface area contributed by atoms with Crippen LogP contribution in [0.4, 0.5) is 0 Å². The molecule has 8 heteroatoms. The number of hydrogen-bond acceptors (Lipinski definition) is 5. The summed E-state index contributed by atoms with van der Waals surface area (Å²) in [4.78, 5) is 35.4. The number of amides is 1. The fraction of sp³-hybridized carbons (Fsp3) is 0.412. The maximum Gasteiger partial charge on any atom is 0.291 e. The van der Waals surface area contributed by atoms with Gasteiger partial charge in [0, 0.05) is 43.8 Å². The van der Waals surface area contributed by atoms with Crippen LogP contribution in [-0.2, 0) is 0 Å². The van der Waals surface area contributed by atoms with Crippen molar-refractivity contribution >= 4 is 11.6 Å². The summed E-state index contributed by atoms with van der Waals surface area (Å²) in [6, 6.07) is 3.38. The Balaban J connectivity index is 1.59. The van der Waals surface area contributed by atoms with Gasteiger partial charge in [-0.1, -0.05) is 0 Å². The molecule has 1 aliphatic heterocycles. The summed E-state index contributed by atoms with van der Waals surface area (Å²) in [5, 5.41) is 2.96. The fourth-order valence-electron chi connectivity index (χ4n) is 3.40. The number of fused-ring (bicyclic) bond motifs is 1. The third-order valence-corrected chi connectivity index (χ3v) is 4.59. The number of carbonyl (C=O) groups is 1. The molecule has 0 radical (unpaired) electrons. The van der Waals surface area contributed by atoms with Crippen molar-refractivity contribution in [1.29, 1.82) is 0 Å². The molecule has 0 aromatic carbocycles. The number of carbonyl (C=O) groups excluding carboxylic acids is 1. The van der Waals surface area contributed by atoms with Crippen LogP contribution in [0, 0.1) is 20.8 Å². The summed E-state index contributed by atoms with van der Waals surface area (Å²) in [5.41, 5.74) is 2.67. The number of hydrogen-bond donors (Lipinski definition) is 1. The van der Waals surface area contributed by atoms with E-state index in [9.17, 15) is 9.59 Å². The first-order valence-corrected chi connectivity index (χ1v) is 8.25. The van der Waals surface area contributed by atoms with Crippen molar-refractivity contribution in [2.75, 3.05) is 13.1 Å². The van der Waals surface area contributed by atoms with Gasteiger partial charge in [-0.05, 0) is 20.3 Å². The molecule has 1 atom stereocenters. The van der Waals surface area contributed by atoms with Gasteiger partial charge < -0.3 is 9.32 Å². The van der Waals surface area contributed by atoms with Crippen LogP contribution < -0.4 is 5.56 Å². The van der Waals surface area contributed by atoms with E-state index in [0.717, 1.165) is 17.8 Å². The second-order valence-corrected chi connectivity index (χ2v) is 6.54. The molecule has 130 valence electrons. The lowest BCUT2D eigenvalue weighted by molar-refractivity contribution is 0.0756. The summed E-state index contributed by atoms with van der Waals surface area (Å²) in [7, 11) is 0. The Kier molecular flexibility index (Phi) is 3.48. The Bertz CT molecular complexity index is 1030. The SMILES string of the molecule is Cc1cc2nc(C3CCN(C(=O)c4oc(C)nc4C)C3)cc(=O)n2[nH]1. The average molecular weight is 341 g/mol. The van der Waals surface area contributed by atoms with Crippen LogP contribution >= 0.6 is 0 Å². The van der Waals surface area contributed by atoms with Crippen LogP contribution in [0.3, 0.4) is 0 Å². The highest BCUT2D eigenvalue weighted by atomic mass is 16.4. The minimum absolute atomic E-state index is 0.0428. The molecular weight excluding hydrogens is 322 g/mol. The summed E-state index contributed by atoms with van der Waals surface area (Å²) < 4.78 is 6.86. The minimum atomic E-state index is -0.157. The zero-order chi connectivity index (χ0) is 17.7. The Morgan fingerprint density at radius 3 is 2.80 bits per heavy atom. The molecule has 1 aliphatic rings. The first kappa shape index (κ1) is 15.6. The number of aromatic nitrogens is 4. The van der Waals surface area contributed by atoms with E-state index in [-0.39, 0.29) is 17.4 Å². The van der Waals surface area contributed by atoms with E-state index in [1.807, 2.05) is 13.0 Å². The summed E-state index contributed by atoms with van der Waals surface area (Å²) in [5.74, 6) is 0.666. The van der Waals surface area contributed by atoms with Crippen LogP contribution in [0.5, 0.6) is 0 Å². The maximum absolute atomic E-state index is 12.6. The molecule has 1 fully saturated rings. The van der Waals surface area contributed by atoms with Crippen molar-refractivity contribution in [2.45, 2.75) is 33.1 Å². The third kappa shape index (κ3) is 2.63. The number of aromatic amines is 1. The van der Waals surface area contributed by atoms with Crippen molar-refractivity contribution in [1.82, 2.24) is 24.5 Å². The highest BCUT2D eigenvalue weighted by molar-refractivity contribution is 5.92. The molecule has 1 N–H and O–H groups in total. The van der Waals surface area contributed by atoms with Gasteiger partial charge in [-0.25, -0.2) is 14.5 Å². The van der Waals surface area contributed by atoms with Crippen LogP contribution in [0.2, 0.25) is 0 Å². The molecule has 0 bridgehead atoms. The van der Waals surface area contributed by atoms with Crippen LogP contribution in [0.15, 0.2) is 21.3 Å². The molecule has 0 spiro atoms. The normalized spacial score (nSPS) is 17.6. The fourth-order valence-corrected chi connectivity index (χ4v) is 3.40. The molecule has 0 aliphatic carbocycles. The number of nitrogens with zero attached hydrogens (tertiary/aromatic N) is 4. The van der Waals surface area contributed by atoms with Gasteiger partial charge in [-0.2, -0.15) is 0 Å². The topological polar surface area (TPSA) is 96.5 Å². The second-order valence-electron chi connectivity index (χ2n) is 6.54. The molecule has 4 heterocycles. The van der Waals surface area contributed by atoms with Gasteiger partial charge in [0.25, 0.3) is 11.5 Å². The minimum Gasteiger partial charge on any atom is -0.436 e. The van der Waals surface area contributed by atoms with Crippen LogP contribution in [0.1, 0.15) is 45.9 Å². The number of oxazole rings is 1. The maximum atomic E-state index is 12.6. The van der Waals surface area contributed by atoms with E-state index < -0.39 is 0 Å². The van der Waals surface area contributed by atoms with Gasteiger partial charge >= 0.3 is 0 Å². The van der Waals surface area contributed by atoms with Gasteiger partial charge in [-0.3, -0.25) is 14.7 Å². The average Bonchev–Trinajstić information content (AvgIpc) is 3.24. The van der Waals surface area contributed by atoms with E-state index in [4.69, 9.17) is 4.42 Å². The van der Waals surface area contributed by atoms with E-state index in [0.29, 0.717) is 36.1 Å². The van der Waals surface area contributed by atoms with Gasteiger partial charge in [0.15, 0.2) is 11.5 Å². The largest absolute Gasteiger partial charge is 0.436 e. The van der Waals surface area contributed by atoms with Crippen LogP contribution in [-0.4, -0.2) is 43.5 Å². The molecule has 1 saturated heterocycles. The van der Waals surface area contributed by atoms with Gasteiger partial charge in [-0.15, -0.1) is 0 Å². The van der Waals surface area contributed by atoms with Crippen molar-refractivity contribution in [3.8, 4) is 0 Å². The first-order valence-electron chi connectivity index (χ1n) is 8.25. The molecule has 0 saturated carbocycles. The second kappa shape index (κ2) is 5.58. The van der Waals surface area contributed by atoms with Gasteiger partial charge in [0.2, 0.25) is 5.76 Å². The van der Waals surface area contributed by atoms with Crippen molar-refractivity contribution < 1.29 is 9.21 Å². The summed E-state index contributed by atoms with van der Waals surface area (Å²) >= 11 is 0. The lowest BCUT2D eigenvalue weighted by Crippen LogP contribution is -2.29. The zero-order valence-corrected chi connectivity index (χ0v) is 14.4. The molecule has 3 aromatic rings. The van der Waals surface area contributed by atoms with Gasteiger partial charge in [0.1, 0.15) is 0 Å². The van der Waals surface area contributed by atoms with Gasteiger partial charge in [0.05, 0.1) is 11.4 Å². The number of aryl methyl sites for hydroxylation is 3. The Labute approximate surface area is 143 Å². The zero-order valence-electron chi connectivity index (χ0n) is 14.4. The molecule has 3 aromatic heterocycles. The Hall–Kier alpha value is -2.90. The van der Waals surface area contributed by atoms with E-state index in [1.54, 1.807) is 24.8 Å². The number of likely N-dealkylation sites (tertiary alicyclic amines) is 1. The highest BCUT2D eigenvalue weighted by Gasteiger charge is 2.32. The van der Waals surface area contributed by atoms with E-state index in [2.05, 4.69) is 15.1 Å². The highest BCUT2D eigenvalue weighted by Crippen LogP contribution is 2.27. The summed E-state index contributed by atoms with van der Waals surface area (Å²) in [6.07, 6.45) is 0.768. The predicted molar refractivity (Wildman–Crippen MR) is 89.8 cm³/mol. The number of H-pyrrole nitrogens is 1. The Morgan fingerprint density at radius 1 is 1.28 bits per heavy atom. The quantitative estimate of drug-likeness (QED) is 0.763. The third-order valence-electron chi connectivity index (χ3n) is 4.59. The first-order chi connectivity index (χ1) is 11.9. The molecule has 1 unspecified atom stereocenters. The lowest BCUT2D eigenvalue weighted by atomic mass is 10.0. The van der Waals surface area contributed by atoms with E-state index >= 15 is 0 Å². The van der Waals surface area contributed by atoms with E-state index in [1.165, 1.54) is 4.52 Å². The van der Waals surface area contributed by atoms with Crippen molar-refractivity contribution in [3.05, 3.63) is 51.2 Å². The molecular formula is C17H19N5O3. The molecule has 4 rings (SSSR count). The molecule has 8 nitrogen and oxygen atoms in total. The lowest BCUT2D eigenvalue weighted by Gasteiger charge is -2.15.